The van der Waals surface area contributed by atoms with Crippen molar-refractivity contribution in [3.63, 3.8) is 0 Å². The molecule has 32 heavy (non-hydrogen) atoms. The molecule has 4 aromatic rings. The predicted molar refractivity (Wildman–Crippen MR) is 125 cm³/mol. The van der Waals surface area contributed by atoms with Crippen LogP contribution in [0.5, 0.6) is 0 Å². The highest BCUT2D eigenvalue weighted by molar-refractivity contribution is 7.99. The van der Waals surface area contributed by atoms with Gasteiger partial charge < -0.3 is 5.32 Å². The number of amides is 1. The molecule has 1 fully saturated rings. The van der Waals surface area contributed by atoms with Gasteiger partial charge in [0.05, 0.1) is 21.2 Å². The molecule has 1 aliphatic rings. The largest absolute Gasteiger partial charge is 0.301 e. The number of benzene rings is 1. The number of aromatic nitrogens is 4. The number of rotatable bonds is 8. The number of anilines is 1. The fraction of sp³-hybridized carbons (Fsp3) is 0.200. The monoisotopic (exact) mass is 484 g/mol. The molecule has 0 aliphatic heterocycles. The number of thiazole rings is 1. The van der Waals surface area contributed by atoms with Gasteiger partial charge in [0.2, 0.25) is 5.91 Å². The van der Waals surface area contributed by atoms with E-state index >= 15 is 0 Å². The molecular formula is C20H16N6O3S3. The third-order valence-corrected chi connectivity index (χ3v) is 7.32. The summed E-state index contributed by atoms with van der Waals surface area (Å²) in [5.41, 5.74) is 1.21. The van der Waals surface area contributed by atoms with Gasteiger partial charge in [0.15, 0.2) is 16.1 Å². The van der Waals surface area contributed by atoms with Gasteiger partial charge in [-0.1, -0.05) is 30.0 Å². The first-order valence-electron chi connectivity index (χ1n) is 9.70. The Morgan fingerprint density at radius 1 is 1.25 bits per heavy atom. The number of carbonyl (C=O) groups excluding carboxylic acids is 1. The first-order valence-corrected chi connectivity index (χ1v) is 12.4. The Labute approximate surface area is 194 Å². The summed E-state index contributed by atoms with van der Waals surface area (Å²) < 4.78 is 2.13. The van der Waals surface area contributed by atoms with Crippen molar-refractivity contribution in [1.82, 2.24) is 19.7 Å². The van der Waals surface area contributed by atoms with E-state index in [2.05, 4.69) is 25.1 Å². The van der Waals surface area contributed by atoms with Gasteiger partial charge in [0, 0.05) is 29.1 Å². The topological polar surface area (TPSA) is 116 Å². The van der Waals surface area contributed by atoms with Crippen LogP contribution in [0.2, 0.25) is 0 Å². The first-order chi connectivity index (χ1) is 15.6. The quantitative estimate of drug-likeness (QED) is 0.210. The minimum atomic E-state index is -0.444. The maximum Gasteiger partial charge on any atom is 0.270 e. The minimum absolute atomic E-state index is 0.000762. The second-order valence-electron chi connectivity index (χ2n) is 7.07. The van der Waals surface area contributed by atoms with E-state index < -0.39 is 4.92 Å². The van der Waals surface area contributed by atoms with Gasteiger partial charge in [-0.2, -0.15) is 0 Å². The van der Waals surface area contributed by atoms with Crippen molar-refractivity contribution in [3.8, 4) is 22.0 Å². The lowest BCUT2D eigenvalue weighted by atomic mass is 10.1. The van der Waals surface area contributed by atoms with E-state index in [-0.39, 0.29) is 17.3 Å². The van der Waals surface area contributed by atoms with Crippen molar-refractivity contribution in [1.29, 1.82) is 0 Å². The van der Waals surface area contributed by atoms with Crippen molar-refractivity contribution >= 4 is 51.2 Å². The third-order valence-electron chi connectivity index (χ3n) is 4.75. The van der Waals surface area contributed by atoms with Crippen molar-refractivity contribution < 1.29 is 9.72 Å². The molecule has 9 nitrogen and oxygen atoms in total. The van der Waals surface area contributed by atoms with Gasteiger partial charge in [0.25, 0.3) is 5.69 Å². The predicted octanol–water partition coefficient (Wildman–Crippen LogP) is 5.10. The summed E-state index contributed by atoms with van der Waals surface area (Å²) >= 11 is 4.25. The molecule has 0 unspecified atom stereocenters. The Bertz CT molecular complexity index is 1280. The summed E-state index contributed by atoms with van der Waals surface area (Å²) in [6, 6.07) is 10.7. The lowest BCUT2D eigenvalue weighted by Crippen LogP contribution is -2.14. The van der Waals surface area contributed by atoms with Crippen LogP contribution in [-0.2, 0) is 4.79 Å². The first kappa shape index (κ1) is 20.8. The fourth-order valence-electron chi connectivity index (χ4n) is 3.14. The molecule has 1 aliphatic carbocycles. The van der Waals surface area contributed by atoms with Crippen molar-refractivity contribution in [2.75, 3.05) is 11.1 Å². The van der Waals surface area contributed by atoms with E-state index in [9.17, 15) is 14.9 Å². The SMILES string of the molecule is O=C(CSc1nnc(-c2cccs2)n1C1CC1)Nc1nc(-c2cccc([N+](=O)[O-])c2)cs1. The summed E-state index contributed by atoms with van der Waals surface area (Å²) in [7, 11) is 0. The molecule has 1 amide bonds. The third kappa shape index (κ3) is 4.42. The smallest absolute Gasteiger partial charge is 0.270 e. The van der Waals surface area contributed by atoms with Crippen LogP contribution in [0.3, 0.4) is 0 Å². The summed E-state index contributed by atoms with van der Waals surface area (Å²) in [4.78, 5) is 28.5. The molecule has 12 heteroatoms. The zero-order valence-corrected chi connectivity index (χ0v) is 19.0. The number of thioether (sulfide) groups is 1. The van der Waals surface area contributed by atoms with Crippen molar-refractivity contribution in [2.24, 2.45) is 0 Å². The zero-order chi connectivity index (χ0) is 22.1. The summed E-state index contributed by atoms with van der Waals surface area (Å²) in [6.45, 7) is 0. The van der Waals surface area contributed by atoms with Gasteiger partial charge in [-0.05, 0) is 24.3 Å². The van der Waals surface area contributed by atoms with Crippen molar-refractivity contribution in [2.45, 2.75) is 24.0 Å². The van der Waals surface area contributed by atoms with Crippen LogP contribution in [0.1, 0.15) is 18.9 Å². The number of hydrogen-bond acceptors (Lipinski definition) is 9. The summed E-state index contributed by atoms with van der Waals surface area (Å²) in [6.07, 6.45) is 2.19. The van der Waals surface area contributed by atoms with Gasteiger partial charge in [-0.25, -0.2) is 4.98 Å². The lowest BCUT2D eigenvalue weighted by Gasteiger charge is -2.07. The van der Waals surface area contributed by atoms with E-state index in [0.717, 1.165) is 28.7 Å². The standard InChI is InChI=1S/C20H16N6O3S3/c27-17(22-19-21-15(10-31-19)12-3-1-4-14(9-12)26(28)29)11-32-20-24-23-18(16-5-2-8-30-16)25(20)13-6-7-13/h1-5,8-10,13H,6-7,11H2,(H,21,22,27). The highest BCUT2D eigenvalue weighted by Crippen LogP contribution is 2.41. The maximum absolute atomic E-state index is 12.5. The average Bonchev–Trinajstić information content (AvgIpc) is 3.19. The molecule has 0 bridgehead atoms. The normalized spacial score (nSPS) is 13.2. The average molecular weight is 485 g/mol. The second kappa shape index (κ2) is 8.81. The Balaban J connectivity index is 1.24. The molecule has 3 heterocycles. The van der Waals surface area contributed by atoms with Crippen LogP contribution in [0.25, 0.3) is 22.0 Å². The molecule has 5 rings (SSSR count). The number of carbonyl (C=O) groups is 1. The van der Waals surface area contributed by atoms with E-state index in [1.807, 2.05) is 17.5 Å². The lowest BCUT2D eigenvalue weighted by molar-refractivity contribution is -0.384. The van der Waals surface area contributed by atoms with Gasteiger partial charge in [-0.15, -0.1) is 32.9 Å². The van der Waals surface area contributed by atoms with Crippen LogP contribution in [0.15, 0.2) is 52.3 Å². The molecule has 0 radical (unpaired) electrons. The van der Waals surface area contributed by atoms with Gasteiger partial charge >= 0.3 is 0 Å². The van der Waals surface area contributed by atoms with Gasteiger partial charge in [0.1, 0.15) is 0 Å². The van der Waals surface area contributed by atoms with Crippen LogP contribution in [0, 0.1) is 10.1 Å². The molecule has 162 valence electrons. The van der Waals surface area contributed by atoms with Crippen LogP contribution < -0.4 is 5.32 Å². The number of nitro benzene ring substituents is 1. The van der Waals surface area contributed by atoms with Crippen LogP contribution in [-0.4, -0.2) is 36.3 Å². The molecule has 1 saturated carbocycles. The Kier molecular flexibility index (Phi) is 5.72. The number of non-ortho nitro benzene ring substituents is 1. The van der Waals surface area contributed by atoms with E-state index in [1.54, 1.807) is 28.8 Å². The highest BCUT2D eigenvalue weighted by atomic mass is 32.2. The van der Waals surface area contributed by atoms with Crippen LogP contribution >= 0.6 is 34.4 Å². The molecular weight excluding hydrogens is 468 g/mol. The number of hydrogen-bond donors (Lipinski definition) is 1. The fourth-order valence-corrected chi connectivity index (χ4v) is 5.39. The molecule has 1 N–H and O–H groups in total. The minimum Gasteiger partial charge on any atom is -0.301 e. The maximum atomic E-state index is 12.5. The Morgan fingerprint density at radius 3 is 2.88 bits per heavy atom. The Morgan fingerprint density at radius 2 is 2.12 bits per heavy atom. The van der Waals surface area contributed by atoms with E-state index in [4.69, 9.17) is 0 Å². The summed E-state index contributed by atoms with van der Waals surface area (Å²) in [5.74, 6) is 0.839. The number of nitrogens with one attached hydrogen (secondary N) is 1. The van der Waals surface area contributed by atoms with Gasteiger partial charge in [-0.3, -0.25) is 19.5 Å². The zero-order valence-electron chi connectivity index (χ0n) is 16.5. The van der Waals surface area contributed by atoms with E-state index in [0.29, 0.717) is 22.4 Å². The number of nitrogens with zero attached hydrogens (tertiary/aromatic N) is 5. The van der Waals surface area contributed by atoms with Crippen LogP contribution in [0.4, 0.5) is 10.8 Å². The Hall–Kier alpha value is -3.09. The number of thiophene rings is 1. The molecule has 3 aromatic heterocycles. The molecule has 0 atom stereocenters. The molecule has 0 spiro atoms. The molecule has 1 aromatic carbocycles. The van der Waals surface area contributed by atoms with Crippen molar-refractivity contribution in [3.05, 3.63) is 57.3 Å². The highest BCUT2D eigenvalue weighted by Gasteiger charge is 2.30. The van der Waals surface area contributed by atoms with E-state index in [1.165, 1.54) is 35.2 Å². The second-order valence-corrected chi connectivity index (χ2v) is 9.82. The molecule has 0 saturated heterocycles. The summed E-state index contributed by atoms with van der Waals surface area (Å²) in [5, 5.41) is 27.4. The number of nitro groups is 1.